The number of benzene rings is 1. The third-order valence-corrected chi connectivity index (χ3v) is 2.31. The van der Waals surface area contributed by atoms with Crippen LogP contribution in [-0.4, -0.2) is 10.9 Å². The fourth-order valence-electron chi connectivity index (χ4n) is 1.37. The van der Waals surface area contributed by atoms with E-state index < -0.39 is 0 Å². The fourth-order valence-corrected chi connectivity index (χ4v) is 1.57. The van der Waals surface area contributed by atoms with E-state index in [1.165, 1.54) is 13.0 Å². The van der Waals surface area contributed by atoms with Crippen molar-refractivity contribution in [3.63, 3.8) is 0 Å². The number of carbonyl (C=O) groups excluding carboxylic acids is 1. The number of hydrogen-bond acceptors (Lipinski definition) is 3. The highest BCUT2D eigenvalue weighted by atomic mass is 35.5. The lowest BCUT2D eigenvalue weighted by Gasteiger charge is -2.11. The molecule has 1 unspecified atom stereocenters. The Balaban J connectivity index is 2.72. The van der Waals surface area contributed by atoms with E-state index in [-0.39, 0.29) is 24.0 Å². The van der Waals surface area contributed by atoms with Crippen molar-refractivity contribution >= 4 is 17.4 Å². The zero-order chi connectivity index (χ0) is 12.1. The number of hydrogen-bond donors (Lipinski definition) is 2. The van der Waals surface area contributed by atoms with Crippen molar-refractivity contribution in [1.82, 2.24) is 0 Å². The molecular formula is C12H14ClNO2. The molecule has 0 aliphatic carbocycles. The molecule has 1 atom stereocenters. The van der Waals surface area contributed by atoms with Crippen LogP contribution in [0.4, 0.5) is 0 Å². The lowest BCUT2D eigenvalue weighted by Crippen LogP contribution is -2.11. The minimum atomic E-state index is -0.366. The molecule has 1 aromatic rings. The molecule has 16 heavy (non-hydrogen) atoms. The Morgan fingerprint density at radius 3 is 2.88 bits per heavy atom. The van der Waals surface area contributed by atoms with Crippen LogP contribution in [0.15, 0.2) is 36.1 Å². The second-order valence-electron chi connectivity index (χ2n) is 3.61. The molecule has 0 heterocycles. The highest BCUT2D eigenvalue weighted by Crippen LogP contribution is 2.20. The van der Waals surface area contributed by atoms with Gasteiger partial charge in [0.2, 0.25) is 0 Å². The van der Waals surface area contributed by atoms with Gasteiger partial charge < -0.3 is 10.8 Å². The van der Waals surface area contributed by atoms with Crippen molar-refractivity contribution < 1.29 is 9.90 Å². The van der Waals surface area contributed by atoms with Gasteiger partial charge in [0.05, 0.1) is 5.76 Å². The molecule has 3 nitrogen and oxygen atoms in total. The maximum Gasteiger partial charge on any atom is 0.155 e. The minimum Gasteiger partial charge on any atom is -0.512 e. The van der Waals surface area contributed by atoms with Crippen LogP contribution in [0.5, 0.6) is 0 Å². The molecule has 0 amide bonds. The van der Waals surface area contributed by atoms with Gasteiger partial charge in [-0.15, -0.1) is 0 Å². The van der Waals surface area contributed by atoms with Crippen molar-refractivity contribution in [3.05, 3.63) is 46.7 Å². The summed E-state index contributed by atoms with van der Waals surface area (Å²) in [4.78, 5) is 10.7. The van der Waals surface area contributed by atoms with E-state index in [1.807, 2.05) is 6.07 Å². The highest BCUT2D eigenvalue weighted by molar-refractivity contribution is 6.30. The van der Waals surface area contributed by atoms with Crippen LogP contribution in [0.3, 0.4) is 0 Å². The Kier molecular flexibility index (Phi) is 4.52. The summed E-state index contributed by atoms with van der Waals surface area (Å²) < 4.78 is 0. The molecule has 4 heteroatoms. The molecule has 0 fully saturated rings. The Morgan fingerprint density at radius 2 is 2.31 bits per heavy atom. The molecule has 1 aromatic carbocycles. The first-order chi connectivity index (χ1) is 7.49. The van der Waals surface area contributed by atoms with Crippen LogP contribution in [0.1, 0.15) is 24.9 Å². The number of ketones is 1. The number of rotatable bonds is 4. The molecule has 0 spiro atoms. The van der Waals surface area contributed by atoms with Crippen molar-refractivity contribution in [1.29, 1.82) is 0 Å². The van der Waals surface area contributed by atoms with Crippen LogP contribution >= 0.6 is 11.6 Å². The van der Waals surface area contributed by atoms with E-state index in [9.17, 15) is 9.90 Å². The first kappa shape index (κ1) is 12.7. The Hall–Kier alpha value is -1.32. The first-order valence-corrected chi connectivity index (χ1v) is 5.28. The van der Waals surface area contributed by atoms with Crippen LogP contribution in [0, 0.1) is 0 Å². The van der Waals surface area contributed by atoms with Gasteiger partial charge in [-0.1, -0.05) is 23.7 Å². The van der Waals surface area contributed by atoms with Gasteiger partial charge in [-0.25, -0.2) is 0 Å². The molecule has 0 saturated heterocycles. The molecule has 0 aliphatic rings. The molecule has 0 aromatic heterocycles. The largest absolute Gasteiger partial charge is 0.512 e. The maximum atomic E-state index is 10.7. The van der Waals surface area contributed by atoms with E-state index in [0.717, 1.165) is 5.56 Å². The van der Waals surface area contributed by atoms with E-state index >= 15 is 0 Å². The molecule has 0 bridgehead atoms. The SMILES string of the molecule is CC(=O)/C=C(\O)CC(N)c1cccc(Cl)c1. The van der Waals surface area contributed by atoms with E-state index in [4.69, 9.17) is 17.3 Å². The van der Waals surface area contributed by atoms with Gasteiger partial charge in [0.15, 0.2) is 5.78 Å². The normalized spacial score (nSPS) is 13.6. The van der Waals surface area contributed by atoms with Crippen LogP contribution in [0.2, 0.25) is 5.02 Å². The summed E-state index contributed by atoms with van der Waals surface area (Å²) in [5, 5.41) is 10.0. The number of aliphatic hydroxyl groups is 1. The zero-order valence-electron chi connectivity index (χ0n) is 8.98. The molecule has 0 radical (unpaired) electrons. The van der Waals surface area contributed by atoms with Gasteiger partial charge in [0.25, 0.3) is 0 Å². The quantitative estimate of drug-likeness (QED) is 0.627. The summed E-state index contributed by atoms with van der Waals surface area (Å²) in [6.07, 6.45) is 1.39. The van der Waals surface area contributed by atoms with Gasteiger partial charge in [0, 0.05) is 23.6 Å². The maximum absolute atomic E-state index is 10.7. The molecule has 0 aliphatic heterocycles. The number of halogens is 1. The lowest BCUT2D eigenvalue weighted by molar-refractivity contribution is -0.112. The second-order valence-corrected chi connectivity index (χ2v) is 4.05. The average Bonchev–Trinajstić information content (AvgIpc) is 2.16. The van der Waals surface area contributed by atoms with Gasteiger partial charge >= 0.3 is 0 Å². The first-order valence-electron chi connectivity index (χ1n) is 4.90. The summed E-state index contributed by atoms with van der Waals surface area (Å²) in [5.41, 5.74) is 6.70. The number of nitrogens with two attached hydrogens (primary N) is 1. The van der Waals surface area contributed by atoms with E-state index in [1.54, 1.807) is 18.2 Å². The predicted molar refractivity (Wildman–Crippen MR) is 64.4 cm³/mol. The fraction of sp³-hybridized carbons (Fsp3) is 0.250. The van der Waals surface area contributed by atoms with Crippen LogP contribution < -0.4 is 5.73 Å². The third-order valence-electron chi connectivity index (χ3n) is 2.08. The summed E-state index contributed by atoms with van der Waals surface area (Å²) in [6, 6.07) is 6.76. The van der Waals surface area contributed by atoms with Gasteiger partial charge in [0.1, 0.15) is 0 Å². The lowest BCUT2D eigenvalue weighted by atomic mass is 10.0. The van der Waals surface area contributed by atoms with Gasteiger partial charge in [-0.3, -0.25) is 4.79 Å². The summed E-state index contributed by atoms with van der Waals surface area (Å²) >= 11 is 5.82. The average molecular weight is 240 g/mol. The number of allylic oxidation sites excluding steroid dienone is 1. The third kappa shape index (κ3) is 4.04. The van der Waals surface area contributed by atoms with Gasteiger partial charge in [-0.05, 0) is 24.6 Å². The van der Waals surface area contributed by atoms with Gasteiger partial charge in [-0.2, -0.15) is 0 Å². The zero-order valence-corrected chi connectivity index (χ0v) is 9.74. The monoisotopic (exact) mass is 239 g/mol. The van der Waals surface area contributed by atoms with E-state index in [0.29, 0.717) is 5.02 Å². The predicted octanol–water partition coefficient (Wildman–Crippen LogP) is 2.76. The molecule has 3 N–H and O–H groups in total. The minimum absolute atomic E-state index is 0.0139. The van der Waals surface area contributed by atoms with Crippen molar-refractivity contribution in [2.75, 3.05) is 0 Å². The van der Waals surface area contributed by atoms with Crippen LogP contribution in [0.25, 0.3) is 0 Å². The van der Waals surface area contributed by atoms with Crippen LogP contribution in [-0.2, 0) is 4.79 Å². The molecule has 1 rings (SSSR count). The topological polar surface area (TPSA) is 63.3 Å². The summed E-state index contributed by atoms with van der Waals surface area (Å²) in [7, 11) is 0. The number of aliphatic hydroxyl groups excluding tert-OH is 1. The molecule has 86 valence electrons. The Morgan fingerprint density at radius 1 is 1.62 bits per heavy atom. The standard InChI is InChI=1S/C12H14ClNO2/c1-8(15)5-11(16)7-12(14)9-3-2-4-10(13)6-9/h2-6,12,16H,7,14H2,1H3/b11-5-. The Bertz CT molecular complexity index is 415. The van der Waals surface area contributed by atoms with Crippen molar-refractivity contribution in [3.8, 4) is 0 Å². The second kappa shape index (κ2) is 5.68. The number of carbonyl (C=O) groups is 1. The molecular weight excluding hydrogens is 226 g/mol. The summed E-state index contributed by atoms with van der Waals surface area (Å²) in [5.74, 6) is -0.212. The highest BCUT2D eigenvalue weighted by Gasteiger charge is 2.09. The molecule has 0 saturated carbocycles. The van der Waals surface area contributed by atoms with Crippen molar-refractivity contribution in [2.24, 2.45) is 5.73 Å². The van der Waals surface area contributed by atoms with E-state index in [2.05, 4.69) is 0 Å². The smallest absolute Gasteiger partial charge is 0.155 e. The van der Waals surface area contributed by atoms with Crippen molar-refractivity contribution in [2.45, 2.75) is 19.4 Å². The Labute approximate surface area is 99.5 Å². The summed E-state index contributed by atoms with van der Waals surface area (Å²) in [6.45, 7) is 1.38.